The zero-order valence-corrected chi connectivity index (χ0v) is 14.9. The second kappa shape index (κ2) is 8.31. The lowest BCUT2D eigenvalue weighted by Gasteiger charge is -2.41. The lowest BCUT2D eigenvalue weighted by molar-refractivity contribution is -0.135. The highest BCUT2D eigenvalue weighted by Crippen LogP contribution is 2.45. The van der Waals surface area contributed by atoms with Crippen LogP contribution in [0.4, 0.5) is 0 Å². The van der Waals surface area contributed by atoms with Gasteiger partial charge in [0.1, 0.15) is 5.60 Å². The molecule has 2 fully saturated rings. The molecule has 3 aliphatic rings. The second-order valence-corrected chi connectivity index (χ2v) is 6.68. The molecule has 1 spiro atoms. The first-order valence-corrected chi connectivity index (χ1v) is 8.54. The zero-order chi connectivity index (χ0) is 19.3. The van der Waals surface area contributed by atoms with Crippen molar-refractivity contribution in [1.82, 2.24) is 4.90 Å². The fraction of sp³-hybridized carbons (Fsp3) is 0.647. The van der Waals surface area contributed by atoms with E-state index in [9.17, 15) is 14.4 Å². The number of hydrogen-bond acceptors (Lipinski definition) is 7. The van der Waals surface area contributed by atoms with Crippen LogP contribution in [-0.2, 0) is 24.0 Å². The number of piperidine rings is 1. The number of aliphatic carboxylic acids is 2. The van der Waals surface area contributed by atoms with Crippen LogP contribution in [0.3, 0.4) is 0 Å². The quantitative estimate of drug-likeness (QED) is 0.557. The molecule has 144 valence electrons. The highest BCUT2D eigenvalue weighted by atomic mass is 16.7. The summed E-state index contributed by atoms with van der Waals surface area (Å²) in [6.45, 7) is 2.19. The van der Waals surface area contributed by atoms with Gasteiger partial charge in [0.2, 0.25) is 0 Å². The van der Waals surface area contributed by atoms with Crippen LogP contribution in [0, 0.1) is 0 Å². The molecule has 0 amide bonds. The molecule has 3 rings (SSSR count). The predicted molar refractivity (Wildman–Crippen MR) is 90.7 cm³/mol. The normalized spacial score (nSPS) is 29.7. The number of fused-ring (bicyclic) bond motifs is 2. The number of ether oxygens (including phenoxy) is 1. The molecule has 0 aromatic heterocycles. The molecule has 3 atom stereocenters. The molecule has 9 heteroatoms. The maximum Gasteiger partial charge on any atom is 0.356 e. The number of carbonyl (C=O) groups excluding carboxylic acids is 1. The van der Waals surface area contributed by atoms with Gasteiger partial charge in [-0.1, -0.05) is 5.16 Å². The van der Waals surface area contributed by atoms with Crippen LogP contribution in [-0.4, -0.2) is 70.1 Å². The number of hydrogen-bond donors (Lipinski definition) is 2. The minimum Gasteiger partial charge on any atom is -0.478 e. The Morgan fingerprint density at radius 3 is 2.23 bits per heavy atom. The van der Waals surface area contributed by atoms with E-state index in [4.69, 9.17) is 19.8 Å². The van der Waals surface area contributed by atoms with Crippen LogP contribution in [0.2, 0.25) is 0 Å². The summed E-state index contributed by atoms with van der Waals surface area (Å²) in [4.78, 5) is 38.9. The lowest BCUT2D eigenvalue weighted by Crippen LogP contribution is -2.49. The van der Waals surface area contributed by atoms with Gasteiger partial charge in [0.05, 0.1) is 6.61 Å². The summed E-state index contributed by atoms with van der Waals surface area (Å²) in [5, 5.41) is 19.6. The van der Waals surface area contributed by atoms with Crippen molar-refractivity contribution in [2.75, 3.05) is 13.7 Å². The Balaban J connectivity index is 0.000000260. The SMILES string of the molecule is CCOC(=O)C1=NOC2(C1)C[C@H]1CC[C@@H](C2)N1C.O=C(O)/C=C/C(=O)O. The summed E-state index contributed by atoms with van der Waals surface area (Å²) in [6.07, 6.45) is 6.16. The summed E-state index contributed by atoms with van der Waals surface area (Å²) in [5.74, 6) is -2.83. The maximum atomic E-state index is 11.7. The van der Waals surface area contributed by atoms with Crippen molar-refractivity contribution in [2.24, 2.45) is 5.16 Å². The van der Waals surface area contributed by atoms with E-state index in [1.54, 1.807) is 6.92 Å². The molecule has 0 aromatic rings. The minimum absolute atomic E-state index is 0.236. The molecule has 9 nitrogen and oxygen atoms in total. The average Bonchev–Trinajstić information content (AvgIpc) is 3.05. The van der Waals surface area contributed by atoms with Gasteiger partial charge in [-0.05, 0) is 26.8 Å². The van der Waals surface area contributed by atoms with Crippen LogP contribution in [0.5, 0.6) is 0 Å². The van der Waals surface area contributed by atoms with Crippen molar-refractivity contribution in [3.8, 4) is 0 Å². The number of rotatable bonds is 4. The average molecular weight is 368 g/mol. The molecule has 0 saturated carbocycles. The highest BCUT2D eigenvalue weighted by Gasteiger charge is 2.52. The van der Waals surface area contributed by atoms with E-state index in [0.29, 0.717) is 43.0 Å². The van der Waals surface area contributed by atoms with E-state index in [0.717, 1.165) is 12.8 Å². The van der Waals surface area contributed by atoms with E-state index in [-0.39, 0.29) is 11.6 Å². The first-order chi connectivity index (χ1) is 12.3. The number of carboxylic acid groups (broad SMARTS) is 2. The third-order valence-electron chi connectivity index (χ3n) is 4.92. The van der Waals surface area contributed by atoms with E-state index in [1.807, 2.05) is 0 Å². The molecule has 0 radical (unpaired) electrons. The molecule has 3 heterocycles. The fourth-order valence-corrected chi connectivity index (χ4v) is 3.73. The molecule has 1 unspecified atom stereocenters. The Labute approximate surface area is 151 Å². The van der Waals surface area contributed by atoms with Crippen molar-refractivity contribution < 1.29 is 34.2 Å². The number of carbonyl (C=O) groups is 3. The summed E-state index contributed by atoms with van der Waals surface area (Å²) >= 11 is 0. The van der Waals surface area contributed by atoms with Crippen LogP contribution < -0.4 is 0 Å². The Bertz CT molecular complexity index is 599. The number of carboxylic acids is 2. The monoisotopic (exact) mass is 368 g/mol. The lowest BCUT2D eigenvalue weighted by atomic mass is 9.83. The van der Waals surface area contributed by atoms with Crippen LogP contribution in [0.1, 0.15) is 39.0 Å². The topological polar surface area (TPSA) is 126 Å². The molecule has 2 N–H and O–H groups in total. The van der Waals surface area contributed by atoms with Gasteiger partial charge in [-0.15, -0.1) is 0 Å². The van der Waals surface area contributed by atoms with E-state index >= 15 is 0 Å². The van der Waals surface area contributed by atoms with Gasteiger partial charge in [-0.2, -0.15) is 0 Å². The van der Waals surface area contributed by atoms with Gasteiger partial charge >= 0.3 is 17.9 Å². The summed E-state index contributed by atoms with van der Waals surface area (Å²) in [5.41, 5.74) is 0.223. The highest BCUT2D eigenvalue weighted by molar-refractivity contribution is 6.36. The number of oxime groups is 1. The molecule has 2 bridgehead atoms. The standard InChI is InChI=1S/C13H20N2O3.C4H4O4/c1-3-17-12(16)11-8-13(18-14-11)6-9-4-5-10(7-13)15(9)2;5-3(6)1-2-4(7)8/h9-10H,3-8H2,1-2H3;1-2H,(H,5,6)(H,7,8)/b;2-1+/t9-,10+,13?;. The zero-order valence-electron chi connectivity index (χ0n) is 14.9. The largest absolute Gasteiger partial charge is 0.478 e. The Kier molecular flexibility index (Phi) is 6.36. The number of nitrogens with zero attached hydrogens (tertiary/aromatic N) is 2. The smallest absolute Gasteiger partial charge is 0.356 e. The van der Waals surface area contributed by atoms with Crippen LogP contribution in [0.25, 0.3) is 0 Å². The van der Waals surface area contributed by atoms with Gasteiger partial charge in [-0.3, -0.25) is 0 Å². The van der Waals surface area contributed by atoms with Crippen molar-refractivity contribution >= 4 is 23.6 Å². The van der Waals surface area contributed by atoms with Gasteiger partial charge in [0, 0.05) is 43.5 Å². The fourth-order valence-electron chi connectivity index (χ4n) is 3.73. The maximum absolute atomic E-state index is 11.7. The Hall–Kier alpha value is -2.42. The summed E-state index contributed by atoms with van der Waals surface area (Å²) < 4.78 is 4.99. The van der Waals surface area contributed by atoms with Crippen LogP contribution in [0.15, 0.2) is 17.3 Å². The second-order valence-electron chi connectivity index (χ2n) is 6.68. The van der Waals surface area contributed by atoms with Crippen LogP contribution >= 0.6 is 0 Å². The van der Waals surface area contributed by atoms with Gasteiger partial charge < -0.3 is 24.7 Å². The number of esters is 1. The van der Waals surface area contributed by atoms with Crippen molar-refractivity contribution in [3.05, 3.63) is 12.2 Å². The van der Waals surface area contributed by atoms with E-state index < -0.39 is 11.9 Å². The first-order valence-electron chi connectivity index (χ1n) is 8.54. The molecular formula is C17H24N2O7. The minimum atomic E-state index is -1.26. The van der Waals surface area contributed by atoms with Crippen molar-refractivity contribution in [1.29, 1.82) is 0 Å². The van der Waals surface area contributed by atoms with E-state index in [1.165, 1.54) is 12.8 Å². The van der Waals surface area contributed by atoms with Crippen molar-refractivity contribution in [3.63, 3.8) is 0 Å². The van der Waals surface area contributed by atoms with E-state index in [2.05, 4.69) is 17.1 Å². The summed E-state index contributed by atoms with van der Waals surface area (Å²) in [6, 6.07) is 1.17. The molecule has 2 saturated heterocycles. The van der Waals surface area contributed by atoms with Gasteiger partial charge in [0.15, 0.2) is 5.71 Å². The first kappa shape index (κ1) is 19.9. The molecule has 26 heavy (non-hydrogen) atoms. The third-order valence-corrected chi connectivity index (χ3v) is 4.92. The molecular weight excluding hydrogens is 344 g/mol. The predicted octanol–water partition coefficient (Wildman–Crippen LogP) is 1.03. The Morgan fingerprint density at radius 1 is 1.23 bits per heavy atom. The van der Waals surface area contributed by atoms with Gasteiger partial charge in [0.25, 0.3) is 0 Å². The molecule has 0 aromatic carbocycles. The third kappa shape index (κ3) is 4.81. The molecule has 0 aliphatic carbocycles. The van der Waals surface area contributed by atoms with Gasteiger partial charge in [-0.25, -0.2) is 14.4 Å². The summed E-state index contributed by atoms with van der Waals surface area (Å²) in [7, 11) is 2.19. The Morgan fingerprint density at radius 2 is 1.77 bits per heavy atom. The molecule has 3 aliphatic heterocycles. The van der Waals surface area contributed by atoms with Crippen molar-refractivity contribution in [2.45, 2.75) is 56.7 Å².